The Hall–Kier alpha value is -2.02. The van der Waals surface area contributed by atoms with Gasteiger partial charge in [0.2, 0.25) is 11.8 Å². The van der Waals surface area contributed by atoms with Crippen molar-refractivity contribution in [2.45, 2.75) is 49.8 Å². The Morgan fingerprint density at radius 3 is 2.45 bits per heavy atom. The number of amides is 1. The molecule has 0 saturated heterocycles. The number of nitrogens with one attached hydrogen (secondary N) is 1. The minimum atomic E-state index is 0.0855. The van der Waals surface area contributed by atoms with Crippen molar-refractivity contribution in [3.63, 3.8) is 0 Å². The van der Waals surface area contributed by atoms with Crippen LogP contribution >= 0.6 is 11.8 Å². The van der Waals surface area contributed by atoms with Gasteiger partial charge < -0.3 is 14.5 Å². The summed E-state index contributed by atoms with van der Waals surface area (Å²) in [5, 5.41) is 12.0. The van der Waals surface area contributed by atoms with Crippen molar-refractivity contribution in [2.75, 3.05) is 12.9 Å². The van der Waals surface area contributed by atoms with Crippen molar-refractivity contribution in [3.05, 3.63) is 35.7 Å². The molecule has 1 aromatic carbocycles. The van der Waals surface area contributed by atoms with Crippen molar-refractivity contribution in [1.82, 2.24) is 15.5 Å². The zero-order valence-electron chi connectivity index (χ0n) is 16.7. The molecule has 1 aromatic heterocycles. The highest BCUT2D eigenvalue weighted by atomic mass is 32.2. The molecule has 4 aliphatic carbocycles. The Balaban J connectivity index is 1.11. The van der Waals surface area contributed by atoms with Gasteiger partial charge in [0.05, 0.1) is 19.3 Å². The molecule has 4 bridgehead atoms. The summed E-state index contributed by atoms with van der Waals surface area (Å²) in [5.74, 6) is 5.01. The van der Waals surface area contributed by atoms with Crippen molar-refractivity contribution in [3.8, 4) is 5.75 Å². The Morgan fingerprint density at radius 2 is 1.79 bits per heavy atom. The second kappa shape index (κ2) is 8.01. The van der Waals surface area contributed by atoms with Crippen molar-refractivity contribution in [2.24, 2.45) is 23.7 Å². The van der Waals surface area contributed by atoms with Crippen LogP contribution in [0.5, 0.6) is 5.75 Å². The summed E-state index contributed by atoms with van der Waals surface area (Å²) >= 11 is 1.32. The molecule has 0 unspecified atom stereocenters. The normalized spacial score (nSPS) is 29.8. The topological polar surface area (TPSA) is 77.2 Å². The Labute approximate surface area is 175 Å². The lowest BCUT2D eigenvalue weighted by molar-refractivity contribution is -0.122. The molecule has 29 heavy (non-hydrogen) atoms. The van der Waals surface area contributed by atoms with Gasteiger partial charge in [0.1, 0.15) is 5.75 Å². The Morgan fingerprint density at radius 1 is 1.10 bits per heavy atom. The maximum absolute atomic E-state index is 12.5. The molecular formula is C22H27N3O3S. The summed E-state index contributed by atoms with van der Waals surface area (Å²) in [6.07, 6.45) is 7.23. The van der Waals surface area contributed by atoms with E-state index in [0.717, 1.165) is 23.1 Å². The summed E-state index contributed by atoms with van der Waals surface area (Å²) in [7, 11) is 1.65. The third-order valence-corrected chi connectivity index (χ3v) is 7.66. The van der Waals surface area contributed by atoms with Gasteiger partial charge in [-0.3, -0.25) is 4.79 Å². The first-order valence-corrected chi connectivity index (χ1v) is 11.5. The molecule has 4 aliphatic rings. The van der Waals surface area contributed by atoms with Crippen LogP contribution in [0.1, 0.15) is 43.6 Å². The molecule has 0 radical (unpaired) electrons. The second-order valence-corrected chi connectivity index (χ2v) is 9.73. The molecule has 154 valence electrons. The van der Waals surface area contributed by atoms with Crippen LogP contribution in [0.25, 0.3) is 0 Å². The van der Waals surface area contributed by atoms with E-state index in [0.29, 0.717) is 41.2 Å². The van der Waals surface area contributed by atoms with Crippen LogP contribution < -0.4 is 10.1 Å². The highest BCUT2D eigenvalue weighted by Gasteiger charge is 2.48. The predicted molar refractivity (Wildman–Crippen MR) is 110 cm³/mol. The van der Waals surface area contributed by atoms with E-state index in [1.165, 1.54) is 43.9 Å². The third kappa shape index (κ3) is 4.15. The summed E-state index contributed by atoms with van der Waals surface area (Å²) in [6, 6.07) is 8.16. The van der Waals surface area contributed by atoms with Crippen molar-refractivity contribution in [1.29, 1.82) is 0 Å². The maximum atomic E-state index is 12.5. The van der Waals surface area contributed by atoms with Gasteiger partial charge in [0, 0.05) is 6.04 Å². The fourth-order valence-corrected chi connectivity index (χ4v) is 6.39. The van der Waals surface area contributed by atoms with E-state index in [9.17, 15) is 4.79 Å². The first-order chi connectivity index (χ1) is 14.2. The van der Waals surface area contributed by atoms with Crippen molar-refractivity contribution >= 4 is 17.7 Å². The van der Waals surface area contributed by atoms with Gasteiger partial charge in [-0.1, -0.05) is 23.9 Å². The fourth-order valence-electron chi connectivity index (χ4n) is 5.80. The standard InChI is InChI=1S/C22H27N3O3S/c1-27-18-4-2-13(3-5-18)11-20-24-25-22(28-20)29-12-19(26)23-21-16-7-14-6-15(9-16)10-17(21)8-14/h2-5,14-17,21H,6-12H2,1H3,(H,23,26). The molecule has 1 N–H and O–H groups in total. The molecule has 0 spiro atoms. The van der Waals surface area contributed by atoms with E-state index in [2.05, 4.69) is 15.5 Å². The summed E-state index contributed by atoms with van der Waals surface area (Å²) in [6.45, 7) is 0. The summed E-state index contributed by atoms with van der Waals surface area (Å²) in [5.41, 5.74) is 1.07. The van der Waals surface area contributed by atoms with E-state index in [1.54, 1.807) is 7.11 Å². The number of rotatable bonds is 7. The lowest BCUT2D eigenvalue weighted by Crippen LogP contribution is -2.56. The molecule has 2 aromatic rings. The zero-order chi connectivity index (χ0) is 19.8. The highest BCUT2D eigenvalue weighted by molar-refractivity contribution is 7.99. The number of ether oxygens (including phenoxy) is 1. The number of benzene rings is 1. The van der Waals surface area contributed by atoms with E-state index in [-0.39, 0.29) is 5.91 Å². The SMILES string of the molecule is COc1ccc(Cc2nnc(SCC(=O)NC3C4CC5CC(C4)CC3C5)o2)cc1. The van der Waals surface area contributed by atoms with Crippen LogP contribution in [0.2, 0.25) is 0 Å². The van der Waals surface area contributed by atoms with Gasteiger partial charge in [-0.2, -0.15) is 0 Å². The minimum absolute atomic E-state index is 0.0855. The molecule has 0 aliphatic heterocycles. The molecule has 4 saturated carbocycles. The molecule has 4 fully saturated rings. The van der Waals surface area contributed by atoms with Gasteiger partial charge in [-0.15, -0.1) is 10.2 Å². The van der Waals surface area contributed by atoms with Gasteiger partial charge in [0.15, 0.2) is 0 Å². The minimum Gasteiger partial charge on any atom is -0.497 e. The van der Waals surface area contributed by atoms with Gasteiger partial charge in [0.25, 0.3) is 5.22 Å². The number of carbonyl (C=O) groups is 1. The van der Waals surface area contributed by atoms with E-state index >= 15 is 0 Å². The quantitative estimate of drug-likeness (QED) is 0.698. The number of methoxy groups -OCH3 is 1. The number of nitrogens with zero attached hydrogens (tertiary/aromatic N) is 2. The van der Waals surface area contributed by atoms with E-state index < -0.39 is 0 Å². The Kier molecular flexibility index (Phi) is 5.24. The molecule has 7 heteroatoms. The van der Waals surface area contributed by atoms with Gasteiger partial charge in [-0.25, -0.2) is 0 Å². The predicted octanol–water partition coefficient (Wildman–Crippen LogP) is 3.70. The number of hydrogen-bond acceptors (Lipinski definition) is 6. The van der Waals surface area contributed by atoms with Crippen LogP contribution in [-0.2, 0) is 11.2 Å². The summed E-state index contributed by atoms with van der Waals surface area (Å²) < 4.78 is 10.9. The first-order valence-electron chi connectivity index (χ1n) is 10.5. The van der Waals surface area contributed by atoms with Crippen LogP contribution in [0.4, 0.5) is 0 Å². The van der Waals surface area contributed by atoms with Crippen LogP contribution in [0.3, 0.4) is 0 Å². The molecule has 6 nitrogen and oxygen atoms in total. The average Bonchev–Trinajstić information content (AvgIpc) is 3.16. The number of thioether (sulfide) groups is 1. The fraction of sp³-hybridized carbons (Fsp3) is 0.591. The second-order valence-electron chi connectivity index (χ2n) is 8.80. The van der Waals surface area contributed by atoms with Gasteiger partial charge in [-0.05, 0) is 73.5 Å². The van der Waals surface area contributed by atoms with Gasteiger partial charge >= 0.3 is 0 Å². The zero-order valence-corrected chi connectivity index (χ0v) is 17.5. The van der Waals surface area contributed by atoms with Crippen LogP contribution in [0.15, 0.2) is 33.9 Å². The molecule has 1 heterocycles. The van der Waals surface area contributed by atoms with E-state index in [4.69, 9.17) is 9.15 Å². The lowest BCUT2D eigenvalue weighted by Gasteiger charge is -2.54. The third-order valence-electron chi connectivity index (χ3n) is 6.84. The largest absolute Gasteiger partial charge is 0.497 e. The molecule has 0 atom stereocenters. The number of carbonyl (C=O) groups excluding carboxylic acids is 1. The molecule has 6 rings (SSSR count). The highest BCUT2D eigenvalue weighted by Crippen LogP contribution is 2.53. The Bertz CT molecular complexity index is 838. The maximum Gasteiger partial charge on any atom is 0.277 e. The molecule has 1 amide bonds. The average molecular weight is 414 g/mol. The lowest BCUT2D eigenvalue weighted by atomic mass is 9.54. The van der Waals surface area contributed by atoms with Crippen LogP contribution in [-0.4, -0.2) is 35.0 Å². The number of hydrogen-bond donors (Lipinski definition) is 1. The monoisotopic (exact) mass is 413 g/mol. The van der Waals surface area contributed by atoms with Crippen LogP contribution in [0, 0.1) is 23.7 Å². The number of aromatic nitrogens is 2. The van der Waals surface area contributed by atoms with E-state index in [1.807, 2.05) is 24.3 Å². The molecular weight excluding hydrogens is 386 g/mol. The van der Waals surface area contributed by atoms with Crippen molar-refractivity contribution < 1.29 is 13.9 Å². The first kappa shape index (κ1) is 19.0. The smallest absolute Gasteiger partial charge is 0.277 e. The summed E-state index contributed by atoms with van der Waals surface area (Å²) in [4.78, 5) is 12.5.